The van der Waals surface area contributed by atoms with Gasteiger partial charge in [-0.1, -0.05) is 11.6 Å². The van der Waals surface area contributed by atoms with Gasteiger partial charge in [0.1, 0.15) is 24.0 Å². The Morgan fingerprint density at radius 1 is 1.43 bits per heavy atom. The van der Waals surface area contributed by atoms with Crippen molar-refractivity contribution in [3.05, 3.63) is 46.4 Å². The molecule has 0 aliphatic rings. The van der Waals surface area contributed by atoms with Crippen LogP contribution >= 0.6 is 11.6 Å². The van der Waals surface area contributed by atoms with E-state index < -0.39 is 5.82 Å². The molecule has 0 fully saturated rings. The lowest BCUT2D eigenvalue weighted by Gasteiger charge is -2.11. The number of benzene rings is 1. The third-order valence-corrected chi connectivity index (χ3v) is 3.34. The molecular formula is C14H14ClFN4O. The van der Waals surface area contributed by atoms with Crippen LogP contribution in [0.1, 0.15) is 18.1 Å². The predicted molar refractivity (Wildman–Crippen MR) is 81.3 cm³/mol. The lowest BCUT2D eigenvalue weighted by atomic mass is 10.1. The molecule has 1 aromatic heterocycles. The van der Waals surface area contributed by atoms with Crippen molar-refractivity contribution < 1.29 is 9.13 Å². The summed E-state index contributed by atoms with van der Waals surface area (Å²) in [6.07, 6.45) is 1.40. The molecule has 1 aromatic carbocycles. The zero-order chi connectivity index (χ0) is 15.6. The van der Waals surface area contributed by atoms with E-state index in [4.69, 9.17) is 33.2 Å². The number of hydrogen-bond acceptors (Lipinski definition) is 5. The van der Waals surface area contributed by atoms with Crippen molar-refractivity contribution in [2.75, 3.05) is 11.5 Å². The maximum atomic E-state index is 13.7. The van der Waals surface area contributed by atoms with E-state index in [1.54, 1.807) is 13.0 Å². The van der Waals surface area contributed by atoms with Gasteiger partial charge in [-0.05, 0) is 25.1 Å². The van der Waals surface area contributed by atoms with Crippen LogP contribution < -0.4 is 16.2 Å². The van der Waals surface area contributed by atoms with E-state index in [0.717, 1.165) is 0 Å². The summed E-state index contributed by atoms with van der Waals surface area (Å²) in [4.78, 5) is 3.94. The molecule has 0 radical (unpaired) electrons. The minimum absolute atomic E-state index is 0.0994. The van der Waals surface area contributed by atoms with Gasteiger partial charge in [-0.15, -0.1) is 0 Å². The fraction of sp³-hybridized carbons (Fsp3) is 0.143. The molecule has 0 aliphatic heterocycles. The number of nitrogens with two attached hydrogens (primary N) is 2. The standard InChI is InChI=1S/C14H14ClFN4O/c1-7(17)9-4-8(5-20-14(9)19)21-6-10-11(16)2-3-12(18)13(10)15/h2-5,17H,6,18H2,1H3,(H2,19,20). The molecule has 110 valence electrons. The van der Waals surface area contributed by atoms with E-state index in [1.807, 2.05) is 0 Å². The van der Waals surface area contributed by atoms with Gasteiger partial charge in [0.05, 0.1) is 16.9 Å². The van der Waals surface area contributed by atoms with Crippen LogP contribution in [-0.2, 0) is 6.61 Å². The summed E-state index contributed by atoms with van der Waals surface area (Å²) in [5, 5.41) is 7.72. The maximum Gasteiger partial charge on any atom is 0.138 e. The monoisotopic (exact) mass is 308 g/mol. The number of rotatable bonds is 4. The summed E-state index contributed by atoms with van der Waals surface area (Å²) in [5.41, 5.74) is 12.5. The van der Waals surface area contributed by atoms with Gasteiger partial charge in [-0.25, -0.2) is 9.37 Å². The van der Waals surface area contributed by atoms with Gasteiger partial charge < -0.3 is 21.6 Å². The van der Waals surface area contributed by atoms with E-state index >= 15 is 0 Å². The van der Waals surface area contributed by atoms with Gasteiger partial charge in [-0.3, -0.25) is 0 Å². The van der Waals surface area contributed by atoms with E-state index in [9.17, 15) is 4.39 Å². The lowest BCUT2D eigenvalue weighted by Crippen LogP contribution is -2.05. The molecule has 0 bridgehead atoms. The molecule has 0 spiro atoms. The molecule has 0 atom stereocenters. The number of nitrogens with one attached hydrogen (secondary N) is 1. The Labute approximate surface area is 126 Å². The third kappa shape index (κ3) is 3.22. The Morgan fingerprint density at radius 3 is 2.81 bits per heavy atom. The highest BCUT2D eigenvalue weighted by molar-refractivity contribution is 6.33. The van der Waals surface area contributed by atoms with Crippen LogP contribution in [0.15, 0.2) is 24.4 Å². The molecule has 0 saturated heterocycles. The highest BCUT2D eigenvalue weighted by Gasteiger charge is 2.12. The van der Waals surface area contributed by atoms with E-state index in [2.05, 4.69) is 4.98 Å². The SMILES string of the molecule is CC(=N)c1cc(OCc2c(F)ccc(N)c2Cl)cnc1N. The van der Waals surface area contributed by atoms with Gasteiger partial charge in [0.15, 0.2) is 0 Å². The average molecular weight is 309 g/mol. The second-order valence-corrected chi connectivity index (χ2v) is 4.82. The largest absolute Gasteiger partial charge is 0.487 e. The first-order valence-electron chi connectivity index (χ1n) is 6.06. The van der Waals surface area contributed by atoms with Gasteiger partial charge in [-0.2, -0.15) is 0 Å². The number of pyridine rings is 1. The molecule has 2 rings (SSSR count). The fourth-order valence-electron chi connectivity index (χ4n) is 1.74. The molecule has 0 saturated carbocycles. The first-order chi connectivity index (χ1) is 9.90. The smallest absolute Gasteiger partial charge is 0.138 e. The molecule has 0 unspecified atom stereocenters. The highest BCUT2D eigenvalue weighted by Crippen LogP contribution is 2.27. The van der Waals surface area contributed by atoms with Crippen molar-refractivity contribution in [1.82, 2.24) is 4.98 Å². The first-order valence-corrected chi connectivity index (χ1v) is 6.44. The fourth-order valence-corrected chi connectivity index (χ4v) is 1.95. The number of anilines is 2. The van der Waals surface area contributed by atoms with E-state index in [1.165, 1.54) is 18.3 Å². The number of halogens is 2. The van der Waals surface area contributed by atoms with Crippen LogP contribution in [0.3, 0.4) is 0 Å². The van der Waals surface area contributed by atoms with Gasteiger partial charge in [0.2, 0.25) is 0 Å². The summed E-state index contributed by atoms with van der Waals surface area (Å²) in [6.45, 7) is 1.49. The number of aromatic nitrogens is 1. The van der Waals surface area contributed by atoms with Crippen LogP contribution in [0.2, 0.25) is 5.02 Å². The number of nitrogens with zero attached hydrogens (tertiary/aromatic N) is 1. The van der Waals surface area contributed by atoms with Crippen LogP contribution in [0, 0.1) is 11.2 Å². The lowest BCUT2D eigenvalue weighted by molar-refractivity contribution is 0.299. The Hall–Kier alpha value is -2.34. The topological polar surface area (TPSA) is 98.0 Å². The molecule has 5 nitrogen and oxygen atoms in total. The number of nitrogen functional groups attached to an aromatic ring is 2. The molecule has 2 aromatic rings. The van der Waals surface area contributed by atoms with Crippen molar-refractivity contribution in [1.29, 1.82) is 5.41 Å². The van der Waals surface area contributed by atoms with Crippen molar-refractivity contribution in [2.24, 2.45) is 0 Å². The molecule has 7 heteroatoms. The zero-order valence-corrected chi connectivity index (χ0v) is 12.0. The number of ether oxygens (including phenoxy) is 1. The first kappa shape index (κ1) is 15.1. The van der Waals surface area contributed by atoms with Crippen molar-refractivity contribution in [2.45, 2.75) is 13.5 Å². The van der Waals surface area contributed by atoms with Gasteiger partial charge >= 0.3 is 0 Å². The maximum absolute atomic E-state index is 13.7. The van der Waals surface area contributed by atoms with Crippen LogP contribution in [0.5, 0.6) is 5.75 Å². The second-order valence-electron chi connectivity index (χ2n) is 4.45. The summed E-state index contributed by atoms with van der Waals surface area (Å²) in [6, 6.07) is 4.19. The highest BCUT2D eigenvalue weighted by atomic mass is 35.5. The van der Waals surface area contributed by atoms with Crippen LogP contribution in [0.4, 0.5) is 15.9 Å². The average Bonchev–Trinajstić information content (AvgIpc) is 2.44. The predicted octanol–water partition coefficient (Wildman–Crippen LogP) is 3.01. The summed E-state index contributed by atoms with van der Waals surface area (Å²) < 4.78 is 19.2. The quantitative estimate of drug-likeness (QED) is 0.597. The number of hydrogen-bond donors (Lipinski definition) is 3. The Bertz CT molecular complexity index is 706. The molecule has 0 aliphatic carbocycles. The zero-order valence-electron chi connectivity index (χ0n) is 11.3. The Kier molecular flexibility index (Phi) is 4.28. The summed E-state index contributed by atoms with van der Waals surface area (Å²) in [7, 11) is 0. The van der Waals surface area contributed by atoms with Crippen molar-refractivity contribution in [3.63, 3.8) is 0 Å². The van der Waals surface area contributed by atoms with Gasteiger partial charge in [0, 0.05) is 16.8 Å². The molecule has 21 heavy (non-hydrogen) atoms. The van der Waals surface area contributed by atoms with Crippen LogP contribution in [-0.4, -0.2) is 10.7 Å². The normalized spacial score (nSPS) is 10.4. The van der Waals surface area contributed by atoms with E-state index in [0.29, 0.717) is 11.3 Å². The summed E-state index contributed by atoms with van der Waals surface area (Å²) in [5.74, 6) is 0.104. The Balaban J connectivity index is 2.23. The van der Waals surface area contributed by atoms with Gasteiger partial charge in [0.25, 0.3) is 0 Å². The molecular weight excluding hydrogens is 295 g/mol. The van der Waals surface area contributed by atoms with Crippen LogP contribution in [0.25, 0.3) is 0 Å². The molecule has 1 heterocycles. The van der Waals surface area contributed by atoms with Crippen molar-refractivity contribution >= 4 is 28.8 Å². The minimum atomic E-state index is -0.499. The Morgan fingerprint density at radius 2 is 2.14 bits per heavy atom. The van der Waals surface area contributed by atoms with E-state index in [-0.39, 0.29) is 34.4 Å². The molecule has 0 amide bonds. The minimum Gasteiger partial charge on any atom is -0.487 e. The molecule has 5 N–H and O–H groups in total. The third-order valence-electron chi connectivity index (χ3n) is 2.90. The summed E-state index contributed by atoms with van der Waals surface area (Å²) >= 11 is 5.96. The van der Waals surface area contributed by atoms with Crippen molar-refractivity contribution in [3.8, 4) is 5.75 Å². The second kappa shape index (κ2) is 5.97.